The molecule has 0 aliphatic carbocycles. The van der Waals surface area contributed by atoms with Crippen LogP contribution in [-0.4, -0.2) is 53.5 Å². The number of aromatic nitrogens is 2. The molecule has 1 aromatic carbocycles. The number of hydrogen-bond donors (Lipinski definition) is 1. The van der Waals surface area contributed by atoms with Crippen LogP contribution < -0.4 is 10.2 Å². The molecular weight excluding hydrogens is 401 g/mol. The molecule has 0 unspecified atom stereocenters. The SMILES string of the molecule is O=C(NCCc1ccccn1)c1csc(CN2CCN(c3ccc(F)cc3)CC2)n1. The molecule has 0 bridgehead atoms. The van der Waals surface area contributed by atoms with Crippen LogP contribution in [-0.2, 0) is 13.0 Å². The van der Waals surface area contributed by atoms with Gasteiger partial charge in [-0.1, -0.05) is 6.07 Å². The molecule has 1 fully saturated rings. The summed E-state index contributed by atoms with van der Waals surface area (Å²) >= 11 is 1.52. The van der Waals surface area contributed by atoms with Gasteiger partial charge in [0.25, 0.3) is 5.91 Å². The predicted molar refractivity (Wildman–Crippen MR) is 116 cm³/mol. The van der Waals surface area contributed by atoms with Crippen LogP contribution in [0.3, 0.4) is 0 Å². The highest BCUT2D eigenvalue weighted by Gasteiger charge is 2.19. The molecule has 0 spiro atoms. The zero-order valence-corrected chi connectivity index (χ0v) is 17.4. The van der Waals surface area contributed by atoms with Crippen LogP contribution >= 0.6 is 11.3 Å². The summed E-state index contributed by atoms with van der Waals surface area (Å²) in [7, 11) is 0. The lowest BCUT2D eigenvalue weighted by molar-refractivity contribution is 0.0949. The second-order valence-corrected chi connectivity index (χ2v) is 8.14. The smallest absolute Gasteiger partial charge is 0.270 e. The monoisotopic (exact) mass is 425 g/mol. The molecule has 2 aromatic heterocycles. The van der Waals surface area contributed by atoms with Crippen LogP contribution in [0.2, 0.25) is 0 Å². The molecular formula is C22H24FN5OS. The molecule has 0 saturated carbocycles. The van der Waals surface area contributed by atoms with E-state index in [1.54, 1.807) is 6.20 Å². The number of hydrogen-bond acceptors (Lipinski definition) is 6. The fraction of sp³-hybridized carbons (Fsp3) is 0.318. The predicted octanol–water partition coefficient (Wildman–Crippen LogP) is 2.97. The van der Waals surface area contributed by atoms with E-state index >= 15 is 0 Å². The van der Waals surface area contributed by atoms with E-state index in [-0.39, 0.29) is 11.7 Å². The summed E-state index contributed by atoms with van der Waals surface area (Å²) in [6.45, 7) is 4.86. The number of pyridine rings is 1. The Morgan fingerprint density at radius 1 is 1.10 bits per heavy atom. The number of rotatable bonds is 7. The first kappa shape index (κ1) is 20.4. The minimum atomic E-state index is -0.210. The van der Waals surface area contributed by atoms with Gasteiger partial charge in [-0.3, -0.25) is 14.7 Å². The summed E-state index contributed by atoms with van der Waals surface area (Å²) in [5, 5.41) is 5.67. The van der Waals surface area contributed by atoms with Crippen molar-refractivity contribution in [2.75, 3.05) is 37.6 Å². The van der Waals surface area contributed by atoms with Crippen LogP contribution in [0.1, 0.15) is 21.2 Å². The maximum absolute atomic E-state index is 13.1. The standard InChI is InChI=1S/C22H24FN5OS/c23-17-4-6-19(7-5-17)28-13-11-27(12-14-28)15-21-26-20(16-30-21)22(29)25-10-8-18-3-1-2-9-24-18/h1-7,9,16H,8,10-15H2,(H,25,29). The summed E-state index contributed by atoms with van der Waals surface area (Å²) in [5.74, 6) is -0.354. The minimum absolute atomic E-state index is 0.144. The van der Waals surface area contributed by atoms with E-state index < -0.39 is 0 Å². The van der Waals surface area contributed by atoms with Crippen molar-refractivity contribution in [1.29, 1.82) is 0 Å². The van der Waals surface area contributed by atoms with Gasteiger partial charge < -0.3 is 10.2 Å². The number of carbonyl (C=O) groups excluding carboxylic acids is 1. The van der Waals surface area contributed by atoms with Crippen molar-refractivity contribution in [2.45, 2.75) is 13.0 Å². The van der Waals surface area contributed by atoms with Crippen LogP contribution in [0.5, 0.6) is 0 Å². The number of anilines is 1. The third-order valence-corrected chi connectivity index (χ3v) is 5.93. The van der Waals surface area contributed by atoms with Gasteiger partial charge in [0, 0.05) is 62.1 Å². The van der Waals surface area contributed by atoms with E-state index in [4.69, 9.17) is 0 Å². The Bertz CT molecular complexity index is 955. The normalized spacial score (nSPS) is 14.6. The van der Waals surface area contributed by atoms with Crippen LogP contribution in [0, 0.1) is 5.82 Å². The van der Waals surface area contributed by atoms with E-state index in [2.05, 4.69) is 25.1 Å². The molecule has 156 valence electrons. The van der Waals surface area contributed by atoms with Gasteiger partial charge in [-0.05, 0) is 36.4 Å². The first-order valence-electron chi connectivity index (χ1n) is 10.0. The zero-order valence-electron chi connectivity index (χ0n) is 16.6. The highest BCUT2D eigenvalue weighted by molar-refractivity contribution is 7.09. The molecule has 3 heterocycles. The molecule has 1 N–H and O–H groups in total. The molecule has 1 saturated heterocycles. The topological polar surface area (TPSA) is 61.4 Å². The van der Waals surface area contributed by atoms with E-state index in [1.165, 1.54) is 23.5 Å². The molecule has 3 aromatic rings. The van der Waals surface area contributed by atoms with Gasteiger partial charge in [-0.2, -0.15) is 0 Å². The number of carbonyl (C=O) groups is 1. The third kappa shape index (κ3) is 5.40. The number of piperazine rings is 1. The summed E-state index contributed by atoms with van der Waals surface area (Å²) in [6.07, 6.45) is 2.45. The van der Waals surface area contributed by atoms with Gasteiger partial charge in [0.15, 0.2) is 0 Å². The second-order valence-electron chi connectivity index (χ2n) is 7.19. The molecule has 1 aliphatic heterocycles. The lowest BCUT2D eigenvalue weighted by Crippen LogP contribution is -2.45. The van der Waals surface area contributed by atoms with Crippen molar-refractivity contribution in [2.24, 2.45) is 0 Å². The number of halogens is 1. The van der Waals surface area contributed by atoms with Gasteiger partial charge in [-0.15, -0.1) is 11.3 Å². The molecule has 0 radical (unpaired) electrons. The molecule has 1 amide bonds. The fourth-order valence-corrected chi connectivity index (χ4v) is 4.25. The quantitative estimate of drug-likeness (QED) is 0.631. The molecule has 0 atom stereocenters. The summed E-state index contributed by atoms with van der Waals surface area (Å²) in [4.78, 5) is 25.7. The van der Waals surface area contributed by atoms with E-state index in [9.17, 15) is 9.18 Å². The van der Waals surface area contributed by atoms with Crippen LogP contribution in [0.25, 0.3) is 0 Å². The number of benzene rings is 1. The molecule has 4 rings (SSSR count). The van der Waals surface area contributed by atoms with Gasteiger partial charge in [0.1, 0.15) is 16.5 Å². The molecule has 6 nitrogen and oxygen atoms in total. The highest BCUT2D eigenvalue weighted by Crippen LogP contribution is 2.19. The summed E-state index contributed by atoms with van der Waals surface area (Å²) < 4.78 is 13.1. The Labute approximate surface area is 179 Å². The maximum atomic E-state index is 13.1. The van der Waals surface area contributed by atoms with E-state index in [1.807, 2.05) is 35.7 Å². The average Bonchev–Trinajstić information content (AvgIpc) is 3.24. The lowest BCUT2D eigenvalue weighted by Gasteiger charge is -2.35. The van der Waals surface area contributed by atoms with Crippen LogP contribution in [0.15, 0.2) is 54.0 Å². The van der Waals surface area contributed by atoms with Gasteiger partial charge in [0.2, 0.25) is 0 Å². The zero-order chi connectivity index (χ0) is 20.8. The maximum Gasteiger partial charge on any atom is 0.270 e. The first-order chi connectivity index (χ1) is 14.7. The largest absolute Gasteiger partial charge is 0.369 e. The lowest BCUT2D eigenvalue weighted by atomic mass is 10.2. The first-order valence-corrected chi connectivity index (χ1v) is 10.9. The Kier molecular flexibility index (Phi) is 6.66. The number of amides is 1. The van der Waals surface area contributed by atoms with Crippen LogP contribution in [0.4, 0.5) is 10.1 Å². The van der Waals surface area contributed by atoms with Crippen molar-refractivity contribution in [3.63, 3.8) is 0 Å². The third-order valence-electron chi connectivity index (χ3n) is 5.10. The molecule has 30 heavy (non-hydrogen) atoms. The Hall–Kier alpha value is -2.84. The molecule has 8 heteroatoms. The fourth-order valence-electron chi connectivity index (χ4n) is 3.44. The van der Waals surface area contributed by atoms with Gasteiger partial charge in [0.05, 0.1) is 6.54 Å². The summed E-state index contributed by atoms with van der Waals surface area (Å²) in [5.41, 5.74) is 2.48. The van der Waals surface area contributed by atoms with Crippen molar-refractivity contribution >= 4 is 22.9 Å². The Morgan fingerprint density at radius 2 is 1.90 bits per heavy atom. The minimum Gasteiger partial charge on any atom is -0.369 e. The van der Waals surface area contributed by atoms with Gasteiger partial charge in [-0.25, -0.2) is 9.37 Å². The Balaban J connectivity index is 1.22. The molecule has 1 aliphatic rings. The summed E-state index contributed by atoms with van der Waals surface area (Å²) in [6, 6.07) is 12.4. The highest BCUT2D eigenvalue weighted by atomic mass is 32.1. The van der Waals surface area contributed by atoms with E-state index in [0.29, 0.717) is 18.7 Å². The average molecular weight is 426 g/mol. The number of nitrogens with zero attached hydrogens (tertiary/aromatic N) is 4. The van der Waals surface area contributed by atoms with Crippen molar-refractivity contribution in [1.82, 2.24) is 20.2 Å². The van der Waals surface area contributed by atoms with Gasteiger partial charge >= 0.3 is 0 Å². The second kappa shape index (κ2) is 9.77. The number of nitrogens with one attached hydrogen (secondary N) is 1. The number of thiazole rings is 1. The Morgan fingerprint density at radius 3 is 2.63 bits per heavy atom. The van der Waals surface area contributed by atoms with Crippen molar-refractivity contribution in [3.05, 3.63) is 76.3 Å². The van der Waals surface area contributed by atoms with Crippen molar-refractivity contribution in [3.8, 4) is 0 Å². The van der Waals surface area contributed by atoms with Crippen molar-refractivity contribution < 1.29 is 9.18 Å². The van der Waals surface area contributed by atoms with E-state index in [0.717, 1.165) is 49.1 Å².